The van der Waals surface area contributed by atoms with Crippen molar-refractivity contribution in [2.24, 2.45) is 7.05 Å². The van der Waals surface area contributed by atoms with E-state index in [9.17, 15) is 9.90 Å². The van der Waals surface area contributed by atoms with Crippen LogP contribution in [-0.4, -0.2) is 33.1 Å². The van der Waals surface area contributed by atoms with Gasteiger partial charge in [-0.2, -0.15) is 0 Å². The number of carboxylic acids is 1. The van der Waals surface area contributed by atoms with E-state index >= 15 is 0 Å². The molecule has 20 heavy (non-hydrogen) atoms. The Morgan fingerprint density at radius 1 is 1.40 bits per heavy atom. The lowest BCUT2D eigenvalue weighted by Crippen LogP contribution is -2.36. The van der Waals surface area contributed by atoms with E-state index in [0.717, 1.165) is 19.4 Å². The molecule has 1 aliphatic heterocycles. The van der Waals surface area contributed by atoms with Crippen molar-refractivity contribution in [1.29, 1.82) is 0 Å². The fourth-order valence-corrected chi connectivity index (χ4v) is 3.35. The highest BCUT2D eigenvalue weighted by molar-refractivity contribution is 5.85. The molecular formula is C16H20N2O2. The van der Waals surface area contributed by atoms with E-state index in [4.69, 9.17) is 0 Å². The van der Waals surface area contributed by atoms with Gasteiger partial charge in [0.25, 0.3) is 0 Å². The van der Waals surface area contributed by atoms with Crippen molar-refractivity contribution in [2.45, 2.75) is 32.4 Å². The molecule has 1 aliphatic rings. The average molecular weight is 272 g/mol. The smallest absolute Gasteiger partial charge is 0.320 e. The van der Waals surface area contributed by atoms with Crippen LogP contribution in [0.5, 0.6) is 0 Å². The summed E-state index contributed by atoms with van der Waals surface area (Å²) in [6.07, 6.45) is 1.73. The maximum Gasteiger partial charge on any atom is 0.320 e. The summed E-state index contributed by atoms with van der Waals surface area (Å²) in [4.78, 5) is 13.4. The molecule has 1 fully saturated rings. The largest absolute Gasteiger partial charge is 0.480 e. The Morgan fingerprint density at radius 2 is 2.15 bits per heavy atom. The number of likely N-dealkylation sites (tertiary alicyclic amines) is 1. The Labute approximate surface area is 118 Å². The summed E-state index contributed by atoms with van der Waals surface area (Å²) < 4.78 is 2.20. The van der Waals surface area contributed by atoms with Crippen LogP contribution in [0.2, 0.25) is 0 Å². The van der Waals surface area contributed by atoms with Gasteiger partial charge in [-0.15, -0.1) is 0 Å². The Bertz CT molecular complexity index is 621. The second-order valence-corrected chi connectivity index (χ2v) is 5.61. The Balaban J connectivity index is 1.97. The molecule has 1 aromatic heterocycles. The molecule has 0 saturated carbocycles. The fourth-order valence-electron chi connectivity index (χ4n) is 3.35. The van der Waals surface area contributed by atoms with Crippen molar-refractivity contribution in [3.05, 3.63) is 35.5 Å². The van der Waals surface area contributed by atoms with E-state index in [1.807, 2.05) is 6.07 Å². The van der Waals surface area contributed by atoms with Crippen molar-refractivity contribution >= 4 is 16.9 Å². The quantitative estimate of drug-likeness (QED) is 0.934. The summed E-state index contributed by atoms with van der Waals surface area (Å²) in [7, 11) is 2.07. The summed E-state index contributed by atoms with van der Waals surface area (Å²) in [6.45, 7) is 3.72. The van der Waals surface area contributed by atoms with Gasteiger partial charge in [0.05, 0.1) is 0 Å². The maximum absolute atomic E-state index is 11.3. The molecule has 1 unspecified atom stereocenters. The van der Waals surface area contributed by atoms with E-state index in [1.54, 1.807) is 0 Å². The third-order valence-corrected chi connectivity index (χ3v) is 4.51. The van der Waals surface area contributed by atoms with Gasteiger partial charge in [0, 0.05) is 30.2 Å². The summed E-state index contributed by atoms with van der Waals surface area (Å²) >= 11 is 0. The molecule has 3 rings (SSSR count). The number of aliphatic carboxylic acids is 1. The number of aryl methyl sites for hydroxylation is 2. The van der Waals surface area contributed by atoms with Crippen molar-refractivity contribution < 1.29 is 9.90 Å². The highest BCUT2D eigenvalue weighted by atomic mass is 16.4. The van der Waals surface area contributed by atoms with E-state index in [1.165, 1.54) is 22.2 Å². The number of fused-ring (bicyclic) bond motifs is 1. The molecule has 4 nitrogen and oxygen atoms in total. The predicted octanol–water partition coefficient (Wildman–Crippen LogP) is 2.54. The minimum Gasteiger partial charge on any atom is -0.480 e. The lowest BCUT2D eigenvalue weighted by atomic mass is 10.1. The van der Waals surface area contributed by atoms with Crippen molar-refractivity contribution in [2.75, 3.05) is 6.54 Å². The van der Waals surface area contributed by atoms with Gasteiger partial charge in [0.15, 0.2) is 0 Å². The summed E-state index contributed by atoms with van der Waals surface area (Å²) in [5.41, 5.74) is 3.70. The first-order chi connectivity index (χ1) is 9.59. The van der Waals surface area contributed by atoms with E-state index in [0.29, 0.717) is 6.54 Å². The number of benzene rings is 1. The summed E-state index contributed by atoms with van der Waals surface area (Å²) in [6, 6.07) is 8.01. The molecule has 0 amide bonds. The van der Waals surface area contributed by atoms with Gasteiger partial charge < -0.3 is 9.67 Å². The minimum absolute atomic E-state index is 0.326. The first-order valence-corrected chi connectivity index (χ1v) is 7.09. The van der Waals surface area contributed by atoms with E-state index < -0.39 is 5.97 Å². The number of para-hydroxylation sites is 1. The molecule has 0 bridgehead atoms. The molecule has 106 valence electrons. The SMILES string of the molecule is Cc1c(CN2CCCC2C(=O)O)n(C)c2ccccc12. The highest BCUT2D eigenvalue weighted by Crippen LogP contribution is 2.28. The Morgan fingerprint density at radius 3 is 2.85 bits per heavy atom. The normalized spacial score (nSPS) is 19.8. The fraction of sp³-hybridized carbons (Fsp3) is 0.438. The number of hydrogen-bond acceptors (Lipinski definition) is 2. The van der Waals surface area contributed by atoms with Crippen LogP contribution in [-0.2, 0) is 18.4 Å². The monoisotopic (exact) mass is 272 g/mol. The second-order valence-electron chi connectivity index (χ2n) is 5.61. The van der Waals surface area contributed by atoms with Crippen LogP contribution in [0, 0.1) is 6.92 Å². The number of carbonyl (C=O) groups is 1. The van der Waals surface area contributed by atoms with Crippen molar-refractivity contribution in [3.63, 3.8) is 0 Å². The van der Waals surface area contributed by atoms with Gasteiger partial charge in [-0.1, -0.05) is 18.2 Å². The number of hydrogen-bond donors (Lipinski definition) is 1. The summed E-state index contributed by atoms with van der Waals surface area (Å²) in [5.74, 6) is -0.695. The van der Waals surface area contributed by atoms with Crippen LogP contribution >= 0.6 is 0 Å². The molecule has 0 aliphatic carbocycles. The number of aromatic nitrogens is 1. The van der Waals surface area contributed by atoms with Gasteiger partial charge in [-0.05, 0) is 37.9 Å². The molecule has 0 radical (unpaired) electrons. The zero-order valence-corrected chi connectivity index (χ0v) is 12.0. The van der Waals surface area contributed by atoms with Crippen LogP contribution in [0.3, 0.4) is 0 Å². The Kier molecular flexibility index (Phi) is 3.26. The predicted molar refractivity (Wildman–Crippen MR) is 78.7 cm³/mol. The van der Waals surface area contributed by atoms with Crippen LogP contribution in [0.4, 0.5) is 0 Å². The zero-order valence-electron chi connectivity index (χ0n) is 12.0. The van der Waals surface area contributed by atoms with Crippen LogP contribution in [0.15, 0.2) is 24.3 Å². The van der Waals surface area contributed by atoms with Crippen LogP contribution in [0.25, 0.3) is 10.9 Å². The first kappa shape index (κ1) is 13.2. The molecular weight excluding hydrogens is 252 g/mol. The molecule has 2 heterocycles. The van der Waals surface area contributed by atoms with Gasteiger partial charge in [0.1, 0.15) is 6.04 Å². The zero-order chi connectivity index (χ0) is 14.3. The van der Waals surface area contributed by atoms with E-state index in [2.05, 4.69) is 41.6 Å². The van der Waals surface area contributed by atoms with Gasteiger partial charge in [0.2, 0.25) is 0 Å². The molecule has 1 N–H and O–H groups in total. The standard InChI is InChI=1S/C16H20N2O2/c1-11-12-6-3-4-7-13(12)17(2)15(11)10-18-9-5-8-14(18)16(19)20/h3-4,6-7,14H,5,8-10H2,1-2H3,(H,19,20). The third kappa shape index (κ3) is 2.00. The molecule has 1 atom stereocenters. The number of carboxylic acid groups (broad SMARTS) is 1. The average Bonchev–Trinajstić information content (AvgIpc) is 2.99. The van der Waals surface area contributed by atoms with Crippen molar-refractivity contribution in [3.8, 4) is 0 Å². The van der Waals surface area contributed by atoms with Crippen molar-refractivity contribution in [1.82, 2.24) is 9.47 Å². The Hall–Kier alpha value is -1.81. The third-order valence-electron chi connectivity index (χ3n) is 4.51. The van der Waals surface area contributed by atoms with Gasteiger partial charge >= 0.3 is 5.97 Å². The molecule has 1 saturated heterocycles. The molecule has 2 aromatic rings. The topological polar surface area (TPSA) is 45.5 Å². The summed E-state index contributed by atoms with van der Waals surface area (Å²) in [5, 5.41) is 10.6. The molecule has 0 spiro atoms. The number of rotatable bonds is 3. The molecule has 1 aromatic carbocycles. The molecule has 4 heteroatoms. The highest BCUT2D eigenvalue weighted by Gasteiger charge is 2.31. The van der Waals surface area contributed by atoms with E-state index in [-0.39, 0.29) is 6.04 Å². The van der Waals surface area contributed by atoms with Gasteiger partial charge in [-0.3, -0.25) is 9.69 Å². The van der Waals surface area contributed by atoms with Gasteiger partial charge in [-0.25, -0.2) is 0 Å². The maximum atomic E-state index is 11.3. The lowest BCUT2D eigenvalue weighted by molar-refractivity contribution is -0.142. The van der Waals surface area contributed by atoms with Crippen LogP contribution < -0.4 is 0 Å². The number of nitrogens with zero attached hydrogens (tertiary/aromatic N) is 2. The minimum atomic E-state index is -0.695. The lowest BCUT2D eigenvalue weighted by Gasteiger charge is -2.22. The first-order valence-electron chi connectivity index (χ1n) is 7.09. The van der Waals surface area contributed by atoms with Crippen LogP contribution in [0.1, 0.15) is 24.1 Å². The second kappa shape index (κ2) is 4.94.